The van der Waals surface area contributed by atoms with Crippen LogP contribution in [0.2, 0.25) is 5.02 Å². The molecule has 1 aliphatic heterocycles. The Morgan fingerprint density at radius 1 is 1.05 bits per heavy atom. The fraction of sp³-hybridized carbons (Fsp3) is 0.444. The lowest BCUT2D eigenvalue weighted by Gasteiger charge is -2.39. The minimum Gasteiger partial charge on any atom is -0.448 e. The van der Waals surface area contributed by atoms with Gasteiger partial charge < -0.3 is 9.64 Å². The van der Waals surface area contributed by atoms with Gasteiger partial charge in [0.05, 0.1) is 17.7 Å². The maximum absolute atomic E-state index is 13.4. The van der Waals surface area contributed by atoms with Crippen molar-refractivity contribution in [1.29, 1.82) is 0 Å². The molecule has 0 spiro atoms. The van der Waals surface area contributed by atoms with Crippen LogP contribution in [0.15, 0.2) is 47.5 Å². The summed E-state index contributed by atoms with van der Waals surface area (Å²) >= 11 is 5.95. The summed E-state index contributed by atoms with van der Waals surface area (Å²) in [4.78, 5) is 30.4. The molecule has 1 unspecified atom stereocenters. The summed E-state index contributed by atoms with van der Waals surface area (Å²) in [5, 5.41) is 0.476. The number of rotatable bonds is 6. The first-order valence-electron chi connectivity index (χ1n) is 12.2. The number of aliphatic imine (C=N–C) groups is 1. The van der Waals surface area contributed by atoms with Crippen molar-refractivity contribution in [3.8, 4) is 0 Å². The minimum absolute atomic E-state index is 0.0109. The Hall–Kier alpha value is -3.08. The van der Waals surface area contributed by atoms with Gasteiger partial charge in [-0.25, -0.2) is 4.79 Å². The average Bonchev–Trinajstić information content (AvgIpc) is 2.86. The SMILES string of the molecule is CC(C)COC(=O)/N=C/C1CCN(C(=O)c2cc(C(F)(F)F)cc(C(F)(F)F)c2)[C@H](Cc2ccc(Cl)cc2)C1. The Morgan fingerprint density at radius 3 is 2.18 bits per heavy atom. The molecule has 0 radical (unpaired) electrons. The number of nitrogens with zero attached hydrogens (tertiary/aromatic N) is 2. The number of ether oxygens (including phenoxy) is 1. The quantitative estimate of drug-likeness (QED) is 0.261. The number of benzene rings is 2. The fourth-order valence-corrected chi connectivity index (χ4v) is 4.38. The van der Waals surface area contributed by atoms with Crippen molar-refractivity contribution in [2.45, 2.75) is 51.5 Å². The molecule has 2 amide bonds. The summed E-state index contributed by atoms with van der Waals surface area (Å²) in [5.41, 5.74) is -3.06. The lowest BCUT2D eigenvalue weighted by Crippen LogP contribution is -2.47. The van der Waals surface area contributed by atoms with Crippen LogP contribution in [0.5, 0.6) is 0 Å². The topological polar surface area (TPSA) is 59.0 Å². The zero-order valence-corrected chi connectivity index (χ0v) is 21.9. The van der Waals surface area contributed by atoms with Crippen molar-refractivity contribution in [2.75, 3.05) is 13.2 Å². The number of hydrogen-bond donors (Lipinski definition) is 0. The Kier molecular flexibility index (Phi) is 9.69. The van der Waals surface area contributed by atoms with E-state index < -0.39 is 47.1 Å². The van der Waals surface area contributed by atoms with E-state index >= 15 is 0 Å². The zero-order valence-electron chi connectivity index (χ0n) is 21.2. The molecule has 0 aliphatic carbocycles. The molecule has 2 aromatic rings. The highest BCUT2D eigenvalue weighted by Crippen LogP contribution is 2.37. The predicted octanol–water partition coefficient (Wildman–Crippen LogP) is 7.70. The van der Waals surface area contributed by atoms with Gasteiger partial charge in [0.1, 0.15) is 0 Å². The highest BCUT2D eigenvalue weighted by atomic mass is 35.5. The first kappa shape index (κ1) is 30.5. The molecule has 1 aliphatic rings. The van der Waals surface area contributed by atoms with Crippen LogP contribution < -0.4 is 0 Å². The maximum atomic E-state index is 13.4. The van der Waals surface area contributed by atoms with Crippen LogP contribution in [-0.4, -0.2) is 42.3 Å². The van der Waals surface area contributed by atoms with Gasteiger partial charge in [-0.3, -0.25) is 4.79 Å². The summed E-state index contributed by atoms with van der Waals surface area (Å²) in [7, 11) is 0. The summed E-state index contributed by atoms with van der Waals surface area (Å²) in [6.07, 6.45) is -8.66. The van der Waals surface area contributed by atoms with Crippen LogP contribution in [0.25, 0.3) is 0 Å². The average molecular weight is 577 g/mol. The van der Waals surface area contributed by atoms with Crippen LogP contribution in [0.4, 0.5) is 31.1 Å². The van der Waals surface area contributed by atoms with E-state index in [-0.39, 0.29) is 43.9 Å². The molecule has 2 atom stereocenters. The van der Waals surface area contributed by atoms with E-state index in [0.29, 0.717) is 23.6 Å². The fourth-order valence-electron chi connectivity index (χ4n) is 4.26. The largest absolute Gasteiger partial charge is 0.448 e. The molecular weight excluding hydrogens is 550 g/mol. The van der Waals surface area contributed by atoms with Crippen molar-refractivity contribution in [3.63, 3.8) is 0 Å². The van der Waals surface area contributed by atoms with Crippen LogP contribution in [0, 0.1) is 11.8 Å². The molecule has 0 bridgehead atoms. The molecule has 0 aromatic heterocycles. The third kappa shape index (κ3) is 8.71. The van der Waals surface area contributed by atoms with Crippen LogP contribution >= 0.6 is 11.6 Å². The highest BCUT2D eigenvalue weighted by molar-refractivity contribution is 6.30. The Balaban J connectivity index is 1.90. The molecule has 1 heterocycles. The lowest BCUT2D eigenvalue weighted by molar-refractivity contribution is -0.143. The molecule has 212 valence electrons. The predicted molar refractivity (Wildman–Crippen MR) is 134 cm³/mol. The van der Waals surface area contributed by atoms with Gasteiger partial charge >= 0.3 is 18.4 Å². The van der Waals surface area contributed by atoms with Crippen molar-refractivity contribution in [1.82, 2.24) is 4.90 Å². The third-order valence-electron chi connectivity index (χ3n) is 6.17. The van der Waals surface area contributed by atoms with Crippen molar-refractivity contribution >= 4 is 29.8 Å². The van der Waals surface area contributed by atoms with E-state index in [1.807, 2.05) is 13.8 Å². The normalized spacial score (nSPS) is 18.6. The van der Waals surface area contributed by atoms with Gasteiger partial charge in [-0.15, -0.1) is 0 Å². The molecule has 12 heteroatoms. The molecule has 5 nitrogen and oxygen atoms in total. The monoisotopic (exact) mass is 576 g/mol. The second-order valence-electron chi connectivity index (χ2n) is 9.81. The number of carbonyl (C=O) groups is 2. The molecule has 3 rings (SSSR count). The third-order valence-corrected chi connectivity index (χ3v) is 6.42. The van der Waals surface area contributed by atoms with Crippen LogP contribution in [-0.2, 0) is 23.5 Å². The highest BCUT2D eigenvalue weighted by Gasteiger charge is 2.39. The summed E-state index contributed by atoms with van der Waals surface area (Å²) in [6, 6.07) is 6.98. The standard InChI is InChI=1S/C27H27ClF6N2O3/c1-16(2)15-39-25(38)35-14-18-7-8-36(23(10-18)9-17-3-5-22(28)6-4-17)24(37)19-11-20(26(29,30)31)13-21(12-19)27(32,33)34/h3-6,11-14,16,18,23H,7-10,15H2,1-2H3/b35-14+/t18?,23-/m1/s1. The van der Waals surface area contributed by atoms with E-state index in [2.05, 4.69) is 4.99 Å². The van der Waals surface area contributed by atoms with Crippen LogP contribution in [0.1, 0.15) is 53.7 Å². The van der Waals surface area contributed by atoms with Crippen LogP contribution in [0.3, 0.4) is 0 Å². The van der Waals surface area contributed by atoms with Gasteiger partial charge in [0, 0.05) is 29.4 Å². The van der Waals surface area contributed by atoms with Gasteiger partial charge in [0.2, 0.25) is 0 Å². The zero-order chi connectivity index (χ0) is 29.0. The molecule has 1 fully saturated rings. The van der Waals surface area contributed by atoms with Crippen molar-refractivity contribution < 1.29 is 40.7 Å². The maximum Gasteiger partial charge on any atom is 0.433 e. The Bertz CT molecular complexity index is 1160. The summed E-state index contributed by atoms with van der Waals surface area (Å²) in [5.74, 6) is -1.10. The Morgan fingerprint density at radius 2 is 1.64 bits per heavy atom. The first-order valence-corrected chi connectivity index (χ1v) is 12.6. The molecular formula is C27H27ClF6N2O3. The van der Waals surface area contributed by atoms with E-state index in [4.69, 9.17) is 16.3 Å². The smallest absolute Gasteiger partial charge is 0.433 e. The van der Waals surface area contributed by atoms with E-state index in [9.17, 15) is 35.9 Å². The minimum atomic E-state index is -5.08. The molecule has 1 saturated heterocycles. The second kappa shape index (κ2) is 12.4. The van der Waals surface area contributed by atoms with E-state index in [1.165, 1.54) is 11.1 Å². The number of carbonyl (C=O) groups excluding carboxylic acids is 2. The van der Waals surface area contributed by atoms with Crippen molar-refractivity contribution in [2.24, 2.45) is 16.8 Å². The number of piperidine rings is 1. The summed E-state index contributed by atoms with van der Waals surface area (Å²) < 4.78 is 85.3. The van der Waals surface area contributed by atoms with Gasteiger partial charge in [0.25, 0.3) is 5.91 Å². The van der Waals surface area contributed by atoms with Gasteiger partial charge in [-0.2, -0.15) is 31.3 Å². The number of hydrogen-bond acceptors (Lipinski definition) is 3. The number of likely N-dealkylation sites (tertiary alicyclic amines) is 1. The van der Waals surface area contributed by atoms with Gasteiger partial charge in [0.15, 0.2) is 0 Å². The van der Waals surface area contributed by atoms with Crippen molar-refractivity contribution in [3.05, 3.63) is 69.7 Å². The Labute approximate surface area is 226 Å². The second-order valence-corrected chi connectivity index (χ2v) is 10.2. The van der Waals surface area contributed by atoms with Gasteiger partial charge in [-0.1, -0.05) is 37.6 Å². The summed E-state index contributed by atoms with van der Waals surface area (Å²) in [6.45, 7) is 3.96. The number of halogens is 7. The molecule has 0 saturated carbocycles. The number of amides is 2. The van der Waals surface area contributed by atoms with E-state index in [1.54, 1.807) is 24.3 Å². The first-order chi connectivity index (χ1) is 18.1. The molecule has 39 heavy (non-hydrogen) atoms. The number of alkyl halides is 6. The molecule has 0 N–H and O–H groups in total. The molecule has 2 aromatic carbocycles. The lowest BCUT2D eigenvalue weighted by atomic mass is 9.87. The van der Waals surface area contributed by atoms with E-state index in [0.717, 1.165) is 5.56 Å². The van der Waals surface area contributed by atoms with Gasteiger partial charge in [-0.05, 0) is 67.0 Å².